The number of hydrogen-bond acceptors (Lipinski definition) is 7. The molecule has 0 spiro atoms. The monoisotopic (exact) mass is 484 g/mol. The molecule has 10 nitrogen and oxygen atoms in total. The Bertz CT molecular complexity index is 1490. The standard InChI is InChI=1S/C23H24N4O6S/c1-13(2)11-25-27-18-6-4-3-5-16(18)22(29)21(23(27)30)17-9-14-7-8-15(33-12-20(24)28)10-19(14)34(31,32)26-17/h3-8,10,13,25,29H,9,11-12H2,1-2H3,(H2,24,28). The third kappa shape index (κ3) is 4.34. The number of carbonyl (C=O) groups is 1. The number of aromatic nitrogens is 1. The van der Waals surface area contributed by atoms with Crippen molar-refractivity contribution in [2.45, 2.75) is 25.2 Å². The topological polar surface area (TPSA) is 153 Å². The Balaban J connectivity index is 1.85. The minimum Gasteiger partial charge on any atom is -0.506 e. The van der Waals surface area contributed by atoms with Crippen LogP contribution in [0.4, 0.5) is 0 Å². The van der Waals surface area contributed by atoms with Gasteiger partial charge < -0.3 is 21.0 Å². The first-order valence-electron chi connectivity index (χ1n) is 10.6. The summed E-state index contributed by atoms with van der Waals surface area (Å²) >= 11 is 0. The molecule has 0 radical (unpaired) electrons. The van der Waals surface area contributed by atoms with Crippen LogP contribution < -0.4 is 21.5 Å². The van der Waals surface area contributed by atoms with Gasteiger partial charge in [0.05, 0.1) is 16.1 Å². The van der Waals surface area contributed by atoms with Crippen LogP contribution in [0.5, 0.6) is 11.5 Å². The van der Waals surface area contributed by atoms with Crippen LogP contribution in [0.3, 0.4) is 0 Å². The van der Waals surface area contributed by atoms with E-state index in [4.69, 9.17) is 10.5 Å². The Morgan fingerprint density at radius 3 is 2.71 bits per heavy atom. The van der Waals surface area contributed by atoms with Crippen LogP contribution in [-0.4, -0.2) is 43.0 Å². The molecule has 11 heteroatoms. The fourth-order valence-corrected chi connectivity index (χ4v) is 5.00. The molecular weight excluding hydrogens is 460 g/mol. The van der Waals surface area contributed by atoms with Crippen LogP contribution in [0.2, 0.25) is 0 Å². The number of sulfonamides is 1. The maximum Gasteiger partial charge on any atom is 0.282 e. The molecule has 1 amide bonds. The number of nitrogens with one attached hydrogen (secondary N) is 1. The van der Waals surface area contributed by atoms with Crippen molar-refractivity contribution in [2.24, 2.45) is 16.0 Å². The van der Waals surface area contributed by atoms with E-state index < -0.39 is 28.1 Å². The van der Waals surface area contributed by atoms with Gasteiger partial charge in [0.25, 0.3) is 21.5 Å². The number of amides is 1. The van der Waals surface area contributed by atoms with Crippen LogP contribution in [0.25, 0.3) is 10.9 Å². The number of para-hydroxylation sites is 1. The molecule has 4 rings (SSSR count). The fraction of sp³-hybridized carbons (Fsp3) is 0.261. The second-order valence-electron chi connectivity index (χ2n) is 8.35. The van der Waals surface area contributed by atoms with E-state index in [1.807, 2.05) is 13.8 Å². The van der Waals surface area contributed by atoms with Gasteiger partial charge in [-0.15, -0.1) is 0 Å². The molecular formula is C23H24N4O6S. The molecule has 0 bridgehead atoms. The van der Waals surface area contributed by atoms with Gasteiger partial charge in [-0.25, -0.2) is 4.68 Å². The number of carbonyl (C=O) groups excluding carboxylic acids is 1. The third-order valence-electron chi connectivity index (χ3n) is 5.29. The van der Waals surface area contributed by atoms with Gasteiger partial charge in [0.15, 0.2) is 6.61 Å². The number of fused-ring (bicyclic) bond motifs is 2. The van der Waals surface area contributed by atoms with Gasteiger partial charge in [-0.1, -0.05) is 32.0 Å². The van der Waals surface area contributed by atoms with Crippen molar-refractivity contribution in [3.63, 3.8) is 0 Å². The SMILES string of the molecule is CC(C)CNn1c(=O)c(C2=NS(=O)(=O)c3cc(OCC(N)=O)ccc3C2)c(O)c2ccccc21. The Labute approximate surface area is 195 Å². The van der Waals surface area contributed by atoms with Crippen LogP contribution >= 0.6 is 0 Å². The Hall–Kier alpha value is -3.86. The summed E-state index contributed by atoms with van der Waals surface area (Å²) < 4.78 is 36.4. The number of pyridine rings is 1. The molecule has 2 aromatic carbocycles. The second kappa shape index (κ2) is 8.82. The van der Waals surface area contributed by atoms with Crippen molar-refractivity contribution in [2.75, 3.05) is 18.6 Å². The molecule has 0 saturated carbocycles. The van der Waals surface area contributed by atoms with E-state index >= 15 is 0 Å². The van der Waals surface area contributed by atoms with Crippen LogP contribution in [0, 0.1) is 5.92 Å². The number of nitrogens with two attached hydrogens (primary N) is 1. The highest BCUT2D eigenvalue weighted by Crippen LogP contribution is 2.33. The third-order valence-corrected chi connectivity index (χ3v) is 6.68. The molecule has 1 aromatic heterocycles. The summed E-state index contributed by atoms with van der Waals surface area (Å²) in [5, 5.41) is 11.4. The lowest BCUT2D eigenvalue weighted by atomic mass is 10.00. The first-order valence-corrected chi connectivity index (χ1v) is 12.0. The van der Waals surface area contributed by atoms with E-state index in [2.05, 4.69) is 9.82 Å². The summed E-state index contributed by atoms with van der Waals surface area (Å²) in [5.41, 5.74) is 8.13. The Kier molecular flexibility index (Phi) is 6.05. The number of hydrogen-bond donors (Lipinski definition) is 3. The van der Waals surface area contributed by atoms with Gasteiger partial charge in [-0.2, -0.15) is 12.8 Å². The highest BCUT2D eigenvalue weighted by Gasteiger charge is 2.30. The first kappa shape index (κ1) is 23.3. The summed E-state index contributed by atoms with van der Waals surface area (Å²) in [6.45, 7) is 4.05. The van der Waals surface area contributed by atoms with E-state index in [0.29, 0.717) is 23.0 Å². The lowest BCUT2D eigenvalue weighted by Gasteiger charge is -2.21. The van der Waals surface area contributed by atoms with Gasteiger partial charge in [-0.3, -0.25) is 9.59 Å². The van der Waals surface area contributed by atoms with Gasteiger partial charge in [-0.05, 0) is 29.7 Å². The summed E-state index contributed by atoms with van der Waals surface area (Å²) in [5.74, 6) is -0.654. The van der Waals surface area contributed by atoms with Crippen molar-refractivity contribution >= 4 is 32.5 Å². The predicted octanol–water partition coefficient (Wildman–Crippen LogP) is 1.50. The van der Waals surface area contributed by atoms with Crippen LogP contribution in [0.1, 0.15) is 25.0 Å². The van der Waals surface area contributed by atoms with E-state index in [1.165, 1.54) is 22.9 Å². The van der Waals surface area contributed by atoms with Crippen molar-refractivity contribution in [1.82, 2.24) is 4.68 Å². The second-order valence-corrected chi connectivity index (χ2v) is 9.92. The minimum absolute atomic E-state index is 0.00398. The molecule has 1 aliphatic rings. The molecule has 0 aliphatic carbocycles. The van der Waals surface area contributed by atoms with E-state index in [-0.39, 0.29) is 40.0 Å². The van der Waals surface area contributed by atoms with Gasteiger partial charge in [0.1, 0.15) is 17.1 Å². The molecule has 0 fully saturated rings. The van der Waals surface area contributed by atoms with E-state index in [9.17, 15) is 23.1 Å². The minimum atomic E-state index is -4.21. The number of benzene rings is 2. The Morgan fingerprint density at radius 1 is 1.26 bits per heavy atom. The summed E-state index contributed by atoms with van der Waals surface area (Å²) in [6, 6.07) is 11.1. The van der Waals surface area contributed by atoms with Crippen molar-refractivity contribution in [3.8, 4) is 11.5 Å². The van der Waals surface area contributed by atoms with Crippen molar-refractivity contribution < 1.29 is 23.1 Å². The predicted molar refractivity (Wildman–Crippen MR) is 127 cm³/mol. The molecule has 3 aromatic rings. The molecule has 0 unspecified atom stereocenters. The quantitative estimate of drug-likeness (QED) is 0.459. The average molecular weight is 485 g/mol. The Morgan fingerprint density at radius 2 is 2.00 bits per heavy atom. The number of rotatable bonds is 7. The van der Waals surface area contributed by atoms with Crippen LogP contribution in [-0.2, 0) is 21.2 Å². The zero-order valence-corrected chi connectivity index (χ0v) is 19.4. The lowest BCUT2D eigenvalue weighted by molar-refractivity contribution is -0.119. The molecule has 0 atom stereocenters. The fourth-order valence-electron chi connectivity index (χ4n) is 3.72. The molecule has 0 saturated heterocycles. The summed E-state index contributed by atoms with van der Waals surface area (Å²) in [7, 11) is -4.21. The molecule has 2 heterocycles. The molecule has 34 heavy (non-hydrogen) atoms. The summed E-state index contributed by atoms with van der Waals surface area (Å²) in [4.78, 5) is 24.3. The molecule has 178 valence electrons. The van der Waals surface area contributed by atoms with Gasteiger partial charge >= 0.3 is 0 Å². The number of ether oxygens (including phenoxy) is 1. The highest BCUT2D eigenvalue weighted by atomic mass is 32.2. The average Bonchev–Trinajstić information content (AvgIpc) is 2.77. The number of nitrogens with zero attached hydrogens (tertiary/aromatic N) is 2. The van der Waals surface area contributed by atoms with Crippen molar-refractivity contribution in [1.29, 1.82) is 0 Å². The van der Waals surface area contributed by atoms with Crippen LogP contribution in [0.15, 0.2) is 56.6 Å². The maximum absolute atomic E-state index is 13.4. The zero-order valence-electron chi connectivity index (χ0n) is 18.6. The number of aromatic hydroxyl groups is 1. The smallest absolute Gasteiger partial charge is 0.282 e. The highest BCUT2D eigenvalue weighted by molar-refractivity contribution is 7.90. The van der Waals surface area contributed by atoms with Gasteiger partial charge in [0, 0.05) is 24.4 Å². The maximum atomic E-state index is 13.4. The van der Waals surface area contributed by atoms with E-state index in [1.54, 1.807) is 24.3 Å². The van der Waals surface area contributed by atoms with Gasteiger partial charge in [0.2, 0.25) is 0 Å². The number of primary amides is 1. The lowest BCUT2D eigenvalue weighted by Crippen LogP contribution is -2.36. The zero-order chi connectivity index (χ0) is 24.6. The van der Waals surface area contributed by atoms with E-state index in [0.717, 1.165) is 0 Å². The summed E-state index contributed by atoms with van der Waals surface area (Å²) in [6.07, 6.45) is -0.00398. The van der Waals surface area contributed by atoms with Crippen molar-refractivity contribution in [3.05, 3.63) is 63.9 Å². The molecule has 1 aliphatic heterocycles. The normalized spacial score (nSPS) is 14.5. The molecule has 4 N–H and O–H groups in total. The first-order chi connectivity index (χ1) is 16.1. The largest absolute Gasteiger partial charge is 0.506 e.